The lowest BCUT2D eigenvalue weighted by molar-refractivity contribution is -0.131. The van der Waals surface area contributed by atoms with Gasteiger partial charge in [0, 0.05) is 25.2 Å². The first-order valence-corrected chi connectivity index (χ1v) is 12.6. The summed E-state index contributed by atoms with van der Waals surface area (Å²) in [4.78, 5) is 29.4. The van der Waals surface area contributed by atoms with Gasteiger partial charge in [-0.25, -0.2) is 9.18 Å². The standard InChI is InChI=1S/C26H36BFN4O5/c1-25(2,31-13-10-21(28)17-31)15-20(16-29)23(33)32-12-7-11-26(32,3)18-37-24(34)30-22(27(35)36)14-19-8-5-4-6-9-19/h4-6,8-9,15,21-22,35-36H,7,10-14,17-18H2,1-3H3,(H,30,34)/t21-,22?,26-/m1/s1. The Hall–Kier alpha value is -2.94. The molecule has 2 fully saturated rings. The molecule has 37 heavy (non-hydrogen) atoms. The molecule has 2 aliphatic rings. The fourth-order valence-electron chi connectivity index (χ4n) is 5.01. The molecule has 0 aromatic heterocycles. The number of ether oxygens (including phenoxy) is 1. The van der Waals surface area contributed by atoms with E-state index in [4.69, 9.17) is 4.74 Å². The highest BCUT2D eigenvalue weighted by Gasteiger charge is 2.43. The molecule has 2 aliphatic heterocycles. The minimum atomic E-state index is -1.79. The number of carbonyl (C=O) groups excluding carboxylic acids is 2. The highest BCUT2D eigenvalue weighted by Crippen LogP contribution is 2.32. The molecule has 0 aliphatic carbocycles. The number of hydrogen-bond acceptors (Lipinski definition) is 7. The van der Waals surface area contributed by atoms with E-state index in [1.807, 2.05) is 55.1 Å². The lowest BCUT2D eigenvalue weighted by Gasteiger charge is -2.36. The molecule has 2 amide bonds. The van der Waals surface area contributed by atoms with Crippen LogP contribution in [0.3, 0.4) is 0 Å². The van der Waals surface area contributed by atoms with Crippen molar-refractivity contribution in [3.05, 3.63) is 47.5 Å². The number of benzene rings is 1. The van der Waals surface area contributed by atoms with Crippen LogP contribution in [0.4, 0.5) is 9.18 Å². The van der Waals surface area contributed by atoms with Gasteiger partial charge in [0.2, 0.25) is 0 Å². The van der Waals surface area contributed by atoms with Crippen molar-refractivity contribution in [3.8, 4) is 6.07 Å². The lowest BCUT2D eigenvalue weighted by atomic mass is 9.76. The lowest BCUT2D eigenvalue weighted by Crippen LogP contribution is -2.52. The number of nitrogens with zero attached hydrogens (tertiary/aromatic N) is 3. The normalized spacial score (nSPS) is 23.4. The average molecular weight is 514 g/mol. The van der Waals surface area contributed by atoms with E-state index in [-0.39, 0.29) is 25.1 Å². The Morgan fingerprint density at radius 1 is 1.35 bits per heavy atom. The summed E-state index contributed by atoms with van der Waals surface area (Å²) >= 11 is 0. The van der Waals surface area contributed by atoms with Crippen LogP contribution in [0.2, 0.25) is 0 Å². The van der Waals surface area contributed by atoms with Crippen molar-refractivity contribution < 1.29 is 28.8 Å². The van der Waals surface area contributed by atoms with Crippen LogP contribution in [0, 0.1) is 11.3 Å². The predicted molar refractivity (Wildman–Crippen MR) is 137 cm³/mol. The maximum Gasteiger partial charge on any atom is 0.475 e. The van der Waals surface area contributed by atoms with Crippen molar-refractivity contribution in [2.24, 2.45) is 0 Å². The molecular formula is C26H36BFN4O5. The van der Waals surface area contributed by atoms with E-state index in [9.17, 15) is 29.3 Å². The first-order chi connectivity index (χ1) is 17.4. The van der Waals surface area contributed by atoms with Gasteiger partial charge >= 0.3 is 13.2 Å². The smallest absolute Gasteiger partial charge is 0.447 e. The molecule has 3 atom stereocenters. The first kappa shape index (κ1) is 28.6. The molecular weight excluding hydrogens is 478 g/mol. The molecule has 0 saturated carbocycles. The second-order valence-corrected chi connectivity index (χ2v) is 10.6. The molecule has 3 N–H and O–H groups in total. The first-order valence-electron chi connectivity index (χ1n) is 12.6. The highest BCUT2D eigenvalue weighted by molar-refractivity contribution is 6.43. The summed E-state index contributed by atoms with van der Waals surface area (Å²) < 4.78 is 19.2. The van der Waals surface area contributed by atoms with Crippen molar-refractivity contribution in [2.75, 3.05) is 26.2 Å². The van der Waals surface area contributed by atoms with Crippen LogP contribution in [0.15, 0.2) is 42.0 Å². The fourth-order valence-corrected chi connectivity index (χ4v) is 5.01. The number of nitriles is 1. The number of hydrogen-bond donors (Lipinski definition) is 3. The van der Waals surface area contributed by atoms with Gasteiger partial charge in [0.1, 0.15) is 24.4 Å². The molecule has 11 heteroatoms. The van der Waals surface area contributed by atoms with Crippen LogP contribution < -0.4 is 5.32 Å². The molecule has 1 aromatic rings. The summed E-state index contributed by atoms with van der Waals surface area (Å²) in [5.41, 5.74) is -0.724. The van der Waals surface area contributed by atoms with E-state index in [0.717, 1.165) is 5.56 Å². The fraction of sp³-hybridized carbons (Fsp3) is 0.577. The Kier molecular flexibility index (Phi) is 9.34. The van der Waals surface area contributed by atoms with Crippen molar-refractivity contribution in [2.45, 2.75) is 69.6 Å². The summed E-state index contributed by atoms with van der Waals surface area (Å²) in [6.07, 6.45) is 1.71. The van der Waals surface area contributed by atoms with Gasteiger partial charge in [-0.2, -0.15) is 5.26 Å². The summed E-state index contributed by atoms with van der Waals surface area (Å²) in [6, 6.07) is 11.1. The third-order valence-corrected chi connectivity index (χ3v) is 7.26. The summed E-state index contributed by atoms with van der Waals surface area (Å²) in [5.74, 6) is -1.43. The number of alkyl halides is 1. The number of alkyl carbamates (subject to hydrolysis) is 1. The van der Waals surface area contributed by atoms with E-state index in [2.05, 4.69) is 5.32 Å². The summed E-state index contributed by atoms with van der Waals surface area (Å²) in [5, 5.41) is 31.7. The number of likely N-dealkylation sites (tertiary alicyclic amines) is 2. The largest absolute Gasteiger partial charge is 0.475 e. The van der Waals surface area contributed by atoms with E-state index < -0.39 is 42.3 Å². The van der Waals surface area contributed by atoms with Crippen molar-refractivity contribution in [3.63, 3.8) is 0 Å². The molecule has 3 rings (SSSR count). The maximum atomic E-state index is 13.7. The number of amides is 2. The topological polar surface area (TPSA) is 126 Å². The number of carbonyl (C=O) groups is 2. The van der Waals surface area contributed by atoms with Crippen molar-refractivity contribution in [1.82, 2.24) is 15.1 Å². The van der Waals surface area contributed by atoms with Crippen LogP contribution in [-0.2, 0) is 16.0 Å². The van der Waals surface area contributed by atoms with Crippen LogP contribution in [-0.4, -0.2) is 88.4 Å². The van der Waals surface area contributed by atoms with Gasteiger partial charge < -0.3 is 25.0 Å². The van der Waals surface area contributed by atoms with Gasteiger partial charge in [0.25, 0.3) is 5.91 Å². The number of halogens is 1. The zero-order valence-electron chi connectivity index (χ0n) is 21.7. The van der Waals surface area contributed by atoms with Gasteiger partial charge in [-0.15, -0.1) is 0 Å². The van der Waals surface area contributed by atoms with Gasteiger partial charge in [0.05, 0.1) is 11.5 Å². The Labute approximate surface area is 218 Å². The predicted octanol–water partition coefficient (Wildman–Crippen LogP) is 1.99. The molecule has 0 spiro atoms. The Bertz CT molecular complexity index is 1030. The Balaban J connectivity index is 1.64. The van der Waals surface area contributed by atoms with E-state index in [0.29, 0.717) is 32.4 Å². The van der Waals surface area contributed by atoms with Crippen LogP contribution >= 0.6 is 0 Å². The number of rotatable bonds is 9. The molecule has 0 radical (unpaired) electrons. The van der Waals surface area contributed by atoms with Crippen LogP contribution in [0.1, 0.15) is 45.6 Å². The second-order valence-electron chi connectivity index (χ2n) is 10.6. The molecule has 2 heterocycles. The average Bonchev–Trinajstić information content (AvgIpc) is 3.47. The quantitative estimate of drug-likeness (QED) is 0.261. The van der Waals surface area contributed by atoms with E-state index in [1.54, 1.807) is 17.9 Å². The highest BCUT2D eigenvalue weighted by atomic mass is 19.1. The zero-order chi connectivity index (χ0) is 27.2. The summed E-state index contributed by atoms with van der Waals surface area (Å²) in [6.45, 7) is 6.59. The van der Waals surface area contributed by atoms with Gasteiger partial charge in [-0.3, -0.25) is 9.69 Å². The van der Waals surface area contributed by atoms with Gasteiger partial charge in [-0.1, -0.05) is 30.3 Å². The van der Waals surface area contributed by atoms with Gasteiger partial charge in [0.15, 0.2) is 0 Å². The van der Waals surface area contributed by atoms with Crippen molar-refractivity contribution >= 4 is 19.1 Å². The van der Waals surface area contributed by atoms with E-state index >= 15 is 0 Å². The third-order valence-electron chi connectivity index (χ3n) is 7.26. The van der Waals surface area contributed by atoms with E-state index in [1.165, 1.54) is 0 Å². The summed E-state index contributed by atoms with van der Waals surface area (Å²) in [7, 11) is -1.79. The van der Waals surface area contributed by atoms with Crippen LogP contribution in [0.25, 0.3) is 0 Å². The van der Waals surface area contributed by atoms with Gasteiger partial charge in [-0.05, 0) is 58.1 Å². The zero-order valence-corrected chi connectivity index (χ0v) is 21.7. The monoisotopic (exact) mass is 514 g/mol. The van der Waals surface area contributed by atoms with Crippen molar-refractivity contribution in [1.29, 1.82) is 5.26 Å². The minimum absolute atomic E-state index is 0.0313. The third kappa shape index (κ3) is 7.31. The second kappa shape index (κ2) is 12.1. The molecule has 0 bridgehead atoms. The molecule has 200 valence electrons. The SMILES string of the molecule is CC(C)(C=C(C#N)C(=O)N1CCC[C@]1(C)COC(=O)NC(Cc1ccccc1)B(O)O)N1CC[C@@H](F)C1. The molecule has 2 saturated heterocycles. The van der Waals surface area contributed by atoms with Crippen LogP contribution in [0.5, 0.6) is 0 Å². The number of nitrogens with one attached hydrogen (secondary N) is 1. The molecule has 1 aromatic carbocycles. The maximum absolute atomic E-state index is 13.7. The Morgan fingerprint density at radius 2 is 2.05 bits per heavy atom. The molecule has 1 unspecified atom stereocenters. The molecule has 9 nitrogen and oxygen atoms in total. The Morgan fingerprint density at radius 3 is 2.65 bits per heavy atom. The minimum Gasteiger partial charge on any atom is -0.447 e.